The Bertz CT molecular complexity index is 491. The van der Waals surface area contributed by atoms with Crippen LogP contribution >= 0.6 is 23.2 Å². The van der Waals surface area contributed by atoms with E-state index in [1.54, 1.807) is 6.07 Å². The summed E-state index contributed by atoms with van der Waals surface area (Å²) in [6, 6.07) is 5.61. The number of aliphatic imine (C=N–C) groups is 1. The fourth-order valence-electron chi connectivity index (χ4n) is 1.68. The summed E-state index contributed by atoms with van der Waals surface area (Å²) in [6.45, 7) is 4.00. The summed E-state index contributed by atoms with van der Waals surface area (Å²) in [5.74, 6) is 0.746. The van der Waals surface area contributed by atoms with Gasteiger partial charge in [0, 0.05) is 13.5 Å². The molecule has 1 aromatic carbocycles. The van der Waals surface area contributed by atoms with Crippen LogP contribution in [-0.4, -0.2) is 17.8 Å². The third kappa shape index (κ3) is 3.38. The van der Waals surface area contributed by atoms with E-state index in [-0.39, 0.29) is 6.04 Å². The van der Waals surface area contributed by atoms with Crippen molar-refractivity contribution in [3.05, 3.63) is 33.8 Å². The van der Waals surface area contributed by atoms with Gasteiger partial charge < -0.3 is 4.90 Å². The van der Waals surface area contributed by atoms with E-state index in [9.17, 15) is 0 Å². The van der Waals surface area contributed by atoms with Gasteiger partial charge in [-0.1, -0.05) is 36.2 Å². The van der Waals surface area contributed by atoms with Crippen LogP contribution < -0.4 is 0 Å². The van der Waals surface area contributed by atoms with Gasteiger partial charge in [-0.15, -0.1) is 0 Å². The lowest BCUT2D eigenvalue weighted by atomic mass is 10.1. The van der Waals surface area contributed by atoms with Crippen LogP contribution in [0.25, 0.3) is 0 Å². The first-order valence-corrected chi connectivity index (χ1v) is 6.40. The van der Waals surface area contributed by atoms with Gasteiger partial charge in [0.2, 0.25) is 6.19 Å². The Morgan fingerprint density at radius 1 is 1.44 bits per heavy atom. The van der Waals surface area contributed by atoms with E-state index in [0.717, 1.165) is 11.4 Å². The molecular weight excluding hydrogens is 269 g/mol. The zero-order chi connectivity index (χ0) is 13.7. The second-order valence-corrected chi connectivity index (χ2v) is 4.76. The highest BCUT2D eigenvalue weighted by atomic mass is 35.5. The molecule has 0 saturated heterocycles. The Balaban J connectivity index is 2.99. The molecule has 0 spiro atoms. The molecule has 0 aliphatic rings. The molecule has 0 fully saturated rings. The fraction of sp³-hybridized carbons (Fsp3) is 0.385. The monoisotopic (exact) mass is 283 g/mol. The molecule has 0 heterocycles. The fourth-order valence-corrected chi connectivity index (χ4v) is 1.99. The number of amidine groups is 1. The van der Waals surface area contributed by atoms with Crippen molar-refractivity contribution in [1.82, 2.24) is 4.90 Å². The van der Waals surface area contributed by atoms with Gasteiger partial charge in [0.05, 0.1) is 16.1 Å². The van der Waals surface area contributed by atoms with Crippen LogP contribution in [0, 0.1) is 11.5 Å². The molecule has 96 valence electrons. The van der Waals surface area contributed by atoms with E-state index in [4.69, 9.17) is 28.5 Å². The standard InChI is InChI=1S/C13H15Cl2N3/c1-4-13(17-8-16)18(3)9(2)10-5-6-11(14)12(15)7-10/h5-7,9H,4H2,1-3H3/b17-13+. The second-order valence-electron chi connectivity index (χ2n) is 3.94. The molecule has 1 aromatic rings. The molecule has 5 heteroatoms. The summed E-state index contributed by atoms with van der Waals surface area (Å²) in [5.41, 5.74) is 1.03. The Labute approximate surface area is 118 Å². The van der Waals surface area contributed by atoms with Crippen LogP contribution in [0.5, 0.6) is 0 Å². The molecule has 3 nitrogen and oxygen atoms in total. The van der Waals surface area contributed by atoms with Crippen LogP contribution in [0.1, 0.15) is 31.9 Å². The molecule has 0 bridgehead atoms. The minimum atomic E-state index is 0.0758. The molecule has 1 unspecified atom stereocenters. The summed E-state index contributed by atoms with van der Waals surface area (Å²) in [5, 5.41) is 9.72. The molecule has 0 radical (unpaired) electrons. The van der Waals surface area contributed by atoms with E-state index >= 15 is 0 Å². The van der Waals surface area contributed by atoms with Crippen molar-refractivity contribution in [2.45, 2.75) is 26.3 Å². The highest BCUT2D eigenvalue weighted by Crippen LogP contribution is 2.28. The average molecular weight is 284 g/mol. The van der Waals surface area contributed by atoms with Gasteiger partial charge in [0.1, 0.15) is 5.84 Å². The smallest absolute Gasteiger partial charge is 0.207 e. The molecule has 0 N–H and O–H groups in total. The third-order valence-corrected chi connectivity index (χ3v) is 3.65. The highest BCUT2D eigenvalue weighted by molar-refractivity contribution is 6.42. The minimum absolute atomic E-state index is 0.0758. The van der Waals surface area contributed by atoms with Crippen LogP contribution in [-0.2, 0) is 0 Å². The maximum absolute atomic E-state index is 8.65. The molecule has 0 aliphatic carbocycles. The van der Waals surface area contributed by atoms with Crippen LogP contribution in [0.15, 0.2) is 23.2 Å². The van der Waals surface area contributed by atoms with Gasteiger partial charge in [0.25, 0.3) is 0 Å². The molecule has 0 amide bonds. The van der Waals surface area contributed by atoms with Gasteiger partial charge in [-0.25, -0.2) is 0 Å². The van der Waals surface area contributed by atoms with E-state index in [0.29, 0.717) is 16.5 Å². The Kier molecular flexibility index (Phi) is 5.46. The van der Waals surface area contributed by atoms with Gasteiger partial charge in [0.15, 0.2) is 0 Å². The first-order chi connectivity index (χ1) is 8.51. The Hall–Kier alpha value is -1.24. The van der Waals surface area contributed by atoms with E-state index < -0.39 is 0 Å². The number of nitriles is 1. The van der Waals surface area contributed by atoms with Gasteiger partial charge in [-0.05, 0) is 24.6 Å². The molecule has 0 aromatic heterocycles. The summed E-state index contributed by atoms with van der Waals surface area (Å²) in [4.78, 5) is 5.78. The van der Waals surface area contributed by atoms with Crippen molar-refractivity contribution in [3.63, 3.8) is 0 Å². The topological polar surface area (TPSA) is 39.4 Å². The van der Waals surface area contributed by atoms with Crippen molar-refractivity contribution < 1.29 is 0 Å². The molecule has 1 rings (SSSR count). The Morgan fingerprint density at radius 2 is 2.11 bits per heavy atom. The van der Waals surface area contributed by atoms with Crippen molar-refractivity contribution in [2.24, 2.45) is 4.99 Å². The summed E-state index contributed by atoms with van der Waals surface area (Å²) in [6.07, 6.45) is 2.53. The number of hydrogen-bond donors (Lipinski definition) is 0. The van der Waals surface area contributed by atoms with Gasteiger partial charge in [-0.3, -0.25) is 0 Å². The Morgan fingerprint density at radius 3 is 2.61 bits per heavy atom. The van der Waals surface area contributed by atoms with Gasteiger partial charge >= 0.3 is 0 Å². The largest absolute Gasteiger partial charge is 0.356 e. The van der Waals surface area contributed by atoms with Crippen LogP contribution in [0.4, 0.5) is 0 Å². The van der Waals surface area contributed by atoms with E-state index in [1.165, 1.54) is 0 Å². The normalized spacial score (nSPS) is 13.0. The average Bonchev–Trinajstić information content (AvgIpc) is 2.37. The zero-order valence-electron chi connectivity index (χ0n) is 10.6. The quantitative estimate of drug-likeness (QED) is 0.472. The number of rotatable bonds is 3. The minimum Gasteiger partial charge on any atom is -0.356 e. The SMILES string of the molecule is CC/C(=N\C#N)N(C)C(C)c1ccc(Cl)c(Cl)c1. The zero-order valence-corrected chi connectivity index (χ0v) is 12.1. The lowest BCUT2D eigenvalue weighted by molar-refractivity contribution is 0.395. The lowest BCUT2D eigenvalue weighted by Gasteiger charge is -2.27. The lowest BCUT2D eigenvalue weighted by Crippen LogP contribution is -2.29. The first kappa shape index (κ1) is 14.8. The third-order valence-electron chi connectivity index (χ3n) is 2.91. The van der Waals surface area contributed by atoms with Crippen molar-refractivity contribution in [3.8, 4) is 6.19 Å². The van der Waals surface area contributed by atoms with Gasteiger partial charge in [-0.2, -0.15) is 10.3 Å². The number of hydrogen-bond acceptors (Lipinski definition) is 2. The van der Waals surface area contributed by atoms with Crippen molar-refractivity contribution in [1.29, 1.82) is 5.26 Å². The molecule has 1 atom stereocenters. The summed E-state index contributed by atoms with van der Waals surface area (Å²) >= 11 is 11.9. The predicted molar refractivity (Wildman–Crippen MR) is 76.0 cm³/mol. The molecule has 18 heavy (non-hydrogen) atoms. The summed E-state index contributed by atoms with van der Waals surface area (Å²) < 4.78 is 0. The van der Waals surface area contributed by atoms with Crippen molar-refractivity contribution >= 4 is 29.0 Å². The first-order valence-electron chi connectivity index (χ1n) is 5.64. The predicted octanol–water partition coefficient (Wildman–Crippen LogP) is 4.28. The molecule has 0 aliphatic heterocycles. The maximum atomic E-state index is 8.65. The highest BCUT2D eigenvalue weighted by Gasteiger charge is 2.15. The number of halogens is 2. The van der Waals surface area contributed by atoms with E-state index in [1.807, 2.05) is 44.1 Å². The van der Waals surface area contributed by atoms with E-state index in [2.05, 4.69) is 4.99 Å². The van der Waals surface area contributed by atoms with Crippen molar-refractivity contribution in [2.75, 3.05) is 7.05 Å². The maximum Gasteiger partial charge on any atom is 0.207 e. The molecule has 0 saturated carbocycles. The summed E-state index contributed by atoms with van der Waals surface area (Å²) in [7, 11) is 1.91. The van der Waals surface area contributed by atoms with Crippen LogP contribution in [0.2, 0.25) is 10.0 Å². The number of nitrogens with zero attached hydrogens (tertiary/aromatic N) is 3. The van der Waals surface area contributed by atoms with Crippen LogP contribution in [0.3, 0.4) is 0 Å². The molecular formula is C13H15Cl2N3. The second kappa shape index (κ2) is 6.63. The number of benzene rings is 1.